The van der Waals surface area contributed by atoms with E-state index in [1.807, 2.05) is 6.92 Å². The third-order valence-electron chi connectivity index (χ3n) is 4.79. The zero-order chi connectivity index (χ0) is 17.5. The van der Waals surface area contributed by atoms with E-state index in [4.69, 9.17) is 10.5 Å². The van der Waals surface area contributed by atoms with Crippen LogP contribution in [0.15, 0.2) is 48.5 Å². The van der Waals surface area contributed by atoms with Gasteiger partial charge in [0, 0.05) is 0 Å². The molecule has 0 fully saturated rings. The van der Waals surface area contributed by atoms with Gasteiger partial charge in [-0.1, -0.05) is 57.2 Å². The van der Waals surface area contributed by atoms with E-state index in [0.717, 1.165) is 12.2 Å². The van der Waals surface area contributed by atoms with Crippen molar-refractivity contribution >= 4 is 0 Å². The minimum Gasteiger partial charge on any atom is -0.494 e. The number of benzene rings is 2. The summed E-state index contributed by atoms with van der Waals surface area (Å²) < 4.78 is 5.75. The van der Waals surface area contributed by atoms with E-state index in [-0.39, 0.29) is 0 Å². The summed E-state index contributed by atoms with van der Waals surface area (Å²) >= 11 is 0. The second-order valence-corrected chi connectivity index (χ2v) is 6.76. The molecule has 2 N–H and O–H groups in total. The molecule has 2 nitrogen and oxygen atoms in total. The molecule has 0 aliphatic rings. The number of hydrogen-bond donors (Lipinski definition) is 1. The molecule has 0 aromatic heterocycles. The molecule has 2 heteroatoms. The van der Waals surface area contributed by atoms with Crippen LogP contribution in [0.25, 0.3) is 0 Å². The van der Waals surface area contributed by atoms with Gasteiger partial charge in [-0.2, -0.15) is 0 Å². The summed E-state index contributed by atoms with van der Waals surface area (Å²) in [6.45, 7) is 10.3. The van der Waals surface area contributed by atoms with Gasteiger partial charge in [-0.3, -0.25) is 0 Å². The highest BCUT2D eigenvalue weighted by molar-refractivity contribution is 5.41. The van der Waals surface area contributed by atoms with Gasteiger partial charge in [0.2, 0.25) is 0 Å². The minimum atomic E-state index is 0.397. The molecule has 0 heterocycles. The summed E-state index contributed by atoms with van der Waals surface area (Å²) in [5, 5.41) is 0. The van der Waals surface area contributed by atoms with Crippen LogP contribution in [0.4, 0.5) is 0 Å². The fourth-order valence-corrected chi connectivity index (χ4v) is 3.53. The van der Waals surface area contributed by atoms with Gasteiger partial charge < -0.3 is 10.5 Å². The molecule has 2 atom stereocenters. The van der Waals surface area contributed by atoms with Crippen LogP contribution < -0.4 is 10.5 Å². The first-order valence-corrected chi connectivity index (χ1v) is 9.10. The molecule has 0 aliphatic carbocycles. The van der Waals surface area contributed by atoms with Crippen molar-refractivity contribution in [3.05, 3.63) is 65.2 Å². The predicted octanol–water partition coefficient (Wildman–Crippen LogP) is 5.44. The smallest absolute Gasteiger partial charge is 0.119 e. The molecule has 0 aliphatic heterocycles. The average molecular weight is 325 g/mol. The number of rotatable bonds is 8. The van der Waals surface area contributed by atoms with Gasteiger partial charge >= 0.3 is 0 Å². The van der Waals surface area contributed by atoms with Gasteiger partial charge in [0.1, 0.15) is 5.75 Å². The van der Waals surface area contributed by atoms with Crippen molar-refractivity contribution in [1.29, 1.82) is 0 Å². The SMILES string of the molecule is CCOc1ccc(C(C)C)c(C(C)C(CCN)c2ccccc2)c1. The average Bonchev–Trinajstić information content (AvgIpc) is 2.60. The molecule has 0 spiro atoms. The zero-order valence-corrected chi connectivity index (χ0v) is 15.5. The lowest BCUT2D eigenvalue weighted by molar-refractivity contribution is 0.339. The standard InChI is InChI=1S/C22H31NO/c1-5-24-19-11-12-20(16(2)3)22(15-19)17(4)21(13-14-23)18-9-7-6-8-10-18/h6-12,15-17,21H,5,13-14,23H2,1-4H3. The highest BCUT2D eigenvalue weighted by atomic mass is 16.5. The van der Waals surface area contributed by atoms with Crippen LogP contribution in [-0.2, 0) is 0 Å². The molecular weight excluding hydrogens is 294 g/mol. The summed E-state index contributed by atoms with van der Waals surface area (Å²) in [6.07, 6.45) is 0.988. The van der Waals surface area contributed by atoms with Gasteiger partial charge in [0.05, 0.1) is 6.61 Å². The van der Waals surface area contributed by atoms with Crippen LogP contribution in [0.1, 0.15) is 68.6 Å². The zero-order valence-electron chi connectivity index (χ0n) is 15.5. The molecule has 24 heavy (non-hydrogen) atoms. The maximum Gasteiger partial charge on any atom is 0.119 e. The van der Waals surface area contributed by atoms with Crippen molar-refractivity contribution in [3.8, 4) is 5.75 Å². The molecule has 130 valence electrons. The van der Waals surface area contributed by atoms with Gasteiger partial charge in [0.15, 0.2) is 0 Å². The van der Waals surface area contributed by atoms with Crippen LogP contribution in [0.2, 0.25) is 0 Å². The Kier molecular flexibility index (Phi) is 6.86. The Hall–Kier alpha value is -1.80. The summed E-state index contributed by atoms with van der Waals surface area (Å²) in [7, 11) is 0. The topological polar surface area (TPSA) is 35.2 Å². The Morgan fingerprint density at radius 3 is 2.25 bits per heavy atom. The van der Waals surface area contributed by atoms with Crippen LogP contribution >= 0.6 is 0 Å². The Bertz CT molecular complexity index is 621. The first-order chi connectivity index (χ1) is 11.6. The largest absolute Gasteiger partial charge is 0.494 e. The highest BCUT2D eigenvalue weighted by Gasteiger charge is 2.23. The molecule has 0 saturated carbocycles. The van der Waals surface area contributed by atoms with Crippen molar-refractivity contribution in [2.45, 2.75) is 51.9 Å². The van der Waals surface area contributed by atoms with E-state index in [9.17, 15) is 0 Å². The van der Waals surface area contributed by atoms with Gasteiger partial charge in [-0.05, 0) is 66.5 Å². The Morgan fingerprint density at radius 1 is 0.958 bits per heavy atom. The van der Waals surface area contributed by atoms with Gasteiger partial charge in [0.25, 0.3) is 0 Å². The molecule has 0 amide bonds. The molecule has 2 unspecified atom stereocenters. The molecule has 0 radical (unpaired) electrons. The lowest BCUT2D eigenvalue weighted by atomic mass is 9.77. The van der Waals surface area contributed by atoms with Crippen molar-refractivity contribution in [2.75, 3.05) is 13.2 Å². The van der Waals surface area contributed by atoms with Crippen LogP contribution in [0.3, 0.4) is 0 Å². The van der Waals surface area contributed by atoms with Crippen molar-refractivity contribution in [2.24, 2.45) is 5.73 Å². The summed E-state index contributed by atoms with van der Waals surface area (Å²) in [5.41, 5.74) is 10.1. The fourth-order valence-electron chi connectivity index (χ4n) is 3.53. The van der Waals surface area contributed by atoms with Crippen molar-refractivity contribution < 1.29 is 4.74 Å². The maximum atomic E-state index is 5.93. The molecule has 2 aromatic carbocycles. The lowest BCUT2D eigenvalue weighted by Crippen LogP contribution is -2.15. The molecule has 0 bridgehead atoms. The third kappa shape index (κ3) is 4.39. The molecule has 2 rings (SSSR count). The monoisotopic (exact) mass is 325 g/mol. The molecule has 0 saturated heterocycles. The predicted molar refractivity (Wildman–Crippen MR) is 103 cm³/mol. The highest BCUT2D eigenvalue weighted by Crippen LogP contribution is 2.39. The molecular formula is C22H31NO. The second kappa shape index (κ2) is 8.89. The van der Waals surface area contributed by atoms with E-state index in [0.29, 0.717) is 30.9 Å². The summed E-state index contributed by atoms with van der Waals surface area (Å²) in [6, 6.07) is 17.3. The maximum absolute atomic E-state index is 5.93. The van der Waals surface area contributed by atoms with Crippen LogP contribution in [0.5, 0.6) is 5.75 Å². The Labute approximate surface area is 147 Å². The molecule has 2 aromatic rings. The van der Waals surface area contributed by atoms with Crippen molar-refractivity contribution in [3.63, 3.8) is 0 Å². The summed E-state index contributed by atoms with van der Waals surface area (Å²) in [5.74, 6) is 2.27. The van der Waals surface area contributed by atoms with E-state index in [1.54, 1.807) is 0 Å². The lowest BCUT2D eigenvalue weighted by Gasteiger charge is -2.28. The first-order valence-electron chi connectivity index (χ1n) is 9.10. The Balaban J connectivity index is 2.44. The van der Waals surface area contributed by atoms with E-state index >= 15 is 0 Å². The van der Waals surface area contributed by atoms with E-state index in [1.165, 1.54) is 16.7 Å². The van der Waals surface area contributed by atoms with Crippen LogP contribution in [-0.4, -0.2) is 13.2 Å². The normalized spacial score (nSPS) is 13.8. The third-order valence-corrected chi connectivity index (χ3v) is 4.79. The van der Waals surface area contributed by atoms with E-state index in [2.05, 4.69) is 69.3 Å². The number of ether oxygens (including phenoxy) is 1. The van der Waals surface area contributed by atoms with Gasteiger partial charge in [-0.25, -0.2) is 0 Å². The number of nitrogens with two attached hydrogens (primary N) is 1. The van der Waals surface area contributed by atoms with Crippen LogP contribution in [0, 0.1) is 0 Å². The van der Waals surface area contributed by atoms with E-state index < -0.39 is 0 Å². The fraction of sp³-hybridized carbons (Fsp3) is 0.455. The minimum absolute atomic E-state index is 0.397. The van der Waals surface area contributed by atoms with Gasteiger partial charge in [-0.15, -0.1) is 0 Å². The number of hydrogen-bond acceptors (Lipinski definition) is 2. The van der Waals surface area contributed by atoms with Crippen molar-refractivity contribution in [1.82, 2.24) is 0 Å². The quantitative estimate of drug-likeness (QED) is 0.701. The second-order valence-electron chi connectivity index (χ2n) is 6.76. The first kappa shape index (κ1) is 18.5. The summed E-state index contributed by atoms with van der Waals surface area (Å²) in [4.78, 5) is 0. The Morgan fingerprint density at radius 2 is 1.67 bits per heavy atom.